The number of imide groups is 1. The third kappa shape index (κ3) is 6.17. The number of ether oxygens (including phenoxy) is 1. The number of anilines is 1. The first-order valence-electron chi connectivity index (χ1n) is 12.3. The van der Waals surface area contributed by atoms with Crippen LogP contribution in [0.15, 0.2) is 36.4 Å². The molecule has 3 rings (SSSR count). The van der Waals surface area contributed by atoms with E-state index in [1.807, 2.05) is 57.2 Å². The number of aliphatic carboxylic acids is 1. The molecular formula is C26H37N3O5. The average Bonchev–Trinajstić information content (AvgIpc) is 3.04. The average molecular weight is 472 g/mol. The number of nitrogens with zero attached hydrogens (tertiary/aromatic N) is 2. The molecule has 8 heteroatoms. The van der Waals surface area contributed by atoms with Crippen LogP contribution >= 0.6 is 0 Å². The zero-order chi connectivity index (χ0) is 24.7. The Bertz CT molecular complexity index is 889. The zero-order valence-electron chi connectivity index (χ0n) is 20.5. The number of quaternary nitrogens is 1. The lowest BCUT2D eigenvalue weighted by molar-refractivity contribution is -0.919. The number of carbonyl (C=O) groups is 3. The van der Waals surface area contributed by atoms with Crippen molar-refractivity contribution in [2.24, 2.45) is 11.8 Å². The summed E-state index contributed by atoms with van der Waals surface area (Å²) in [6.07, 6.45) is 5.80. The Morgan fingerprint density at radius 2 is 1.79 bits per heavy atom. The minimum absolute atomic E-state index is 0.0437. The van der Waals surface area contributed by atoms with Crippen molar-refractivity contribution in [2.75, 3.05) is 44.6 Å². The molecule has 1 saturated heterocycles. The van der Waals surface area contributed by atoms with Gasteiger partial charge in [0.25, 0.3) is 0 Å². The van der Waals surface area contributed by atoms with Crippen molar-refractivity contribution in [1.29, 1.82) is 0 Å². The number of para-hydroxylation sites is 2. The molecule has 2 aliphatic rings. The smallest absolute Gasteiger partial charge is 0.233 e. The largest absolute Gasteiger partial charge is 0.544 e. The number of nitrogens with one attached hydrogen (secondary N) is 1. The highest BCUT2D eigenvalue weighted by molar-refractivity contribution is 6.05. The van der Waals surface area contributed by atoms with E-state index in [1.54, 1.807) is 0 Å². The van der Waals surface area contributed by atoms with Crippen molar-refractivity contribution in [3.05, 3.63) is 36.4 Å². The van der Waals surface area contributed by atoms with Crippen LogP contribution in [0.3, 0.4) is 0 Å². The molecule has 2 amide bonds. The Morgan fingerprint density at radius 3 is 2.38 bits per heavy atom. The van der Waals surface area contributed by atoms with Crippen molar-refractivity contribution in [3.63, 3.8) is 0 Å². The van der Waals surface area contributed by atoms with E-state index in [0.717, 1.165) is 11.4 Å². The van der Waals surface area contributed by atoms with Crippen LogP contribution in [-0.2, 0) is 14.4 Å². The molecule has 0 bridgehead atoms. The van der Waals surface area contributed by atoms with E-state index >= 15 is 0 Å². The van der Waals surface area contributed by atoms with Gasteiger partial charge in [0.15, 0.2) is 0 Å². The molecular weight excluding hydrogens is 434 g/mol. The van der Waals surface area contributed by atoms with E-state index in [9.17, 15) is 19.5 Å². The standard InChI is InChI=1S/C26H37N3O5/c1-4-29(18-24(30)31,17-14-27-22-12-7-8-13-23(22)34-19(2)3)16-9-15-28-25(32)20-10-5-6-11-21(20)26(28)33/h5-8,12-13,19-21,27H,4,9-11,14-18H2,1-3H3. The van der Waals surface area contributed by atoms with Crippen LogP contribution in [0.4, 0.5) is 5.69 Å². The van der Waals surface area contributed by atoms with E-state index < -0.39 is 5.97 Å². The van der Waals surface area contributed by atoms with Crippen molar-refractivity contribution < 1.29 is 28.7 Å². The second-order valence-corrected chi connectivity index (χ2v) is 9.56. The third-order valence-corrected chi connectivity index (χ3v) is 6.90. The minimum atomic E-state index is -1.10. The van der Waals surface area contributed by atoms with Gasteiger partial charge in [0, 0.05) is 13.0 Å². The number of likely N-dealkylation sites (tertiary alicyclic amines) is 1. The van der Waals surface area contributed by atoms with Gasteiger partial charge in [-0.15, -0.1) is 0 Å². The van der Waals surface area contributed by atoms with Gasteiger partial charge in [-0.1, -0.05) is 24.3 Å². The van der Waals surface area contributed by atoms with E-state index in [1.165, 1.54) is 4.90 Å². The lowest BCUT2D eigenvalue weighted by Gasteiger charge is -2.38. The zero-order valence-corrected chi connectivity index (χ0v) is 20.5. The maximum absolute atomic E-state index is 12.7. The van der Waals surface area contributed by atoms with E-state index in [-0.39, 0.29) is 36.3 Å². The monoisotopic (exact) mass is 471 g/mol. The summed E-state index contributed by atoms with van der Waals surface area (Å²) in [7, 11) is 0. The predicted octanol–water partition coefficient (Wildman–Crippen LogP) is 1.81. The first-order valence-corrected chi connectivity index (χ1v) is 12.3. The Kier molecular flexibility index (Phi) is 8.72. The maximum atomic E-state index is 12.7. The van der Waals surface area contributed by atoms with E-state index in [4.69, 9.17) is 4.74 Å². The second kappa shape index (κ2) is 11.5. The summed E-state index contributed by atoms with van der Waals surface area (Å²) >= 11 is 0. The number of amides is 2. The van der Waals surface area contributed by atoms with Gasteiger partial charge in [0.1, 0.15) is 12.3 Å². The first kappa shape index (κ1) is 25.7. The highest BCUT2D eigenvalue weighted by atomic mass is 16.5. The Balaban J connectivity index is 1.60. The fourth-order valence-electron chi connectivity index (χ4n) is 5.02. The number of rotatable bonds is 13. The van der Waals surface area contributed by atoms with E-state index in [2.05, 4.69) is 5.32 Å². The summed E-state index contributed by atoms with van der Waals surface area (Å²) in [5, 5.41) is 15.0. The van der Waals surface area contributed by atoms with Crippen LogP contribution in [0.2, 0.25) is 0 Å². The van der Waals surface area contributed by atoms with Crippen LogP contribution in [0.1, 0.15) is 40.0 Å². The maximum Gasteiger partial charge on any atom is 0.233 e. The molecule has 1 aliphatic heterocycles. The number of likely N-dealkylation sites (N-methyl/N-ethyl adjacent to an activating group) is 1. The van der Waals surface area contributed by atoms with Gasteiger partial charge in [-0.3, -0.25) is 14.5 Å². The summed E-state index contributed by atoms with van der Waals surface area (Å²) in [6.45, 7) is 8.39. The molecule has 0 spiro atoms. The fraction of sp³-hybridized carbons (Fsp3) is 0.577. The third-order valence-electron chi connectivity index (χ3n) is 6.90. The van der Waals surface area contributed by atoms with Crippen molar-refractivity contribution in [3.8, 4) is 5.75 Å². The van der Waals surface area contributed by atoms with Gasteiger partial charge in [-0.05, 0) is 45.7 Å². The minimum Gasteiger partial charge on any atom is -0.544 e. The number of allylic oxidation sites excluding steroid dienone is 2. The molecule has 3 unspecified atom stereocenters. The van der Waals surface area contributed by atoms with Crippen LogP contribution in [0, 0.1) is 11.8 Å². The first-order chi connectivity index (χ1) is 16.3. The highest BCUT2D eigenvalue weighted by Gasteiger charge is 2.46. The molecule has 0 radical (unpaired) electrons. The molecule has 1 aromatic rings. The Hall–Kier alpha value is -2.87. The van der Waals surface area contributed by atoms with Crippen molar-refractivity contribution in [2.45, 2.75) is 46.1 Å². The molecule has 1 N–H and O–H groups in total. The molecule has 0 saturated carbocycles. The number of fused-ring (bicyclic) bond motifs is 1. The number of carbonyl (C=O) groups excluding carboxylic acids is 3. The molecule has 1 fully saturated rings. The lowest BCUT2D eigenvalue weighted by atomic mass is 9.85. The topological polar surface area (TPSA) is 98.8 Å². The normalized spacial score (nSPS) is 21.5. The van der Waals surface area contributed by atoms with Gasteiger partial charge in [-0.2, -0.15) is 0 Å². The summed E-state index contributed by atoms with van der Waals surface area (Å²) in [5.41, 5.74) is 0.864. The van der Waals surface area contributed by atoms with Crippen LogP contribution in [0.25, 0.3) is 0 Å². The van der Waals surface area contributed by atoms with Crippen molar-refractivity contribution in [1.82, 2.24) is 4.90 Å². The lowest BCUT2D eigenvalue weighted by Crippen LogP contribution is -2.57. The molecule has 3 atom stereocenters. The van der Waals surface area contributed by atoms with Crippen LogP contribution < -0.4 is 15.2 Å². The quantitative estimate of drug-likeness (QED) is 0.268. The molecule has 1 aliphatic carbocycles. The number of carboxylic acids is 1. The highest BCUT2D eigenvalue weighted by Crippen LogP contribution is 2.35. The Labute approximate surface area is 202 Å². The van der Waals surface area contributed by atoms with Crippen molar-refractivity contribution >= 4 is 23.5 Å². The molecule has 186 valence electrons. The molecule has 8 nitrogen and oxygen atoms in total. The van der Waals surface area contributed by atoms with Gasteiger partial charge in [0.2, 0.25) is 11.8 Å². The summed E-state index contributed by atoms with van der Waals surface area (Å²) in [6, 6.07) is 7.69. The predicted molar refractivity (Wildman–Crippen MR) is 128 cm³/mol. The fourth-order valence-corrected chi connectivity index (χ4v) is 5.02. The molecule has 1 heterocycles. The summed E-state index contributed by atoms with van der Waals surface area (Å²) in [5.74, 6) is -0.980. The SMILES string of the molecule is CC[N+](CCCN1C(=O)C2CC=CCC2C1=O)(CCNc1ccccc1OC(C)C)CC(=O)[O-]. The number of hydrogen-bond donors (Lipinski definition) is 1. The Morgan fingerprint density at radius 1 is 1.15 bits per heavy atom. The number of carboxylic acid groups (broad SMARTS) is 1. The van der Waals surface area contributed by atoms with E-state index in [0.29, 0.717) is 56.5 Å². The second-order valence-electron chi connectivity index (χ2n) is 9.56. The number of hydrogen-bond acceptors (Lipinski definition) is 6. The van der Waals surface area contributed by atoms with Crippen LogP contribution in [-0.4, -0.2) is 72.5 Å². The summed E-state index contributed by atoms with van der Waals surface area (Å²) in [4.78, 5) is 38.4. The summed E-state index contributed by atoms with van der Waals surface area (Å²) < 4.78 is 6.17. The van der Waals surface area contributed by atoms with Crippen LogP contribution in [0.5, 0.6) is 5.75 Å². The molecule has 1 aromatic carbocycles. The van der Waals surface area contributed by atoms with Gasteiger partial charge in [-0.25, -0.2) is 0 Å². The van der Waals surface area contributed by atoms with Gasteiger partial charge in [0.05, 0.1) is 55.8 Å². The van der Waals surface area contributed by atoms with Gasteiger partial charge < -0.3 is 24.4 Å². The number of benzene rings is 1. The van der Waals surface area contributed by atoms with Gasteiger partial charge >= 0.3 is 0 Å². The molecule has 0 aromatic heterocycles. The molecule has 34 heavy (non-hydrogen) atoms.